The van der Waals surface area contributed by atoms with Crippen LogP contribution in [0.15, 0.2) is 29.5 Å². The Balaban J connectivity index is 3.07. The van der Waals surface area contributed by atoms with Gasteiger partial charge in [-0.3, -0.25) is 9.59 Å². The van der Waals surface area contributed by atoms with Gasteiger partial charge in [-0.1, -0.05) is 24.3 Å². The number of rotatable bonds is 4. The molecule has 0 saturated carbocycles. The number of oxime groups is 1. The van der Waals surface area contributed by atoms with Crippen LogP contribution in [-0.2, 0) is 9.59 Å². The number of nitrogens with zero attached hydrogens (tertiary/aromatic N) is 1. The van der Waals surface area contributed by atoms with Gasteiger partial charge in [-0.25, -0.2) is 0 Å². The van der Waals surface area contributed by atoms with Crippen LogP contribution in [0, 0.1) is 5.41 Å². The van der Waals surface area contributed by atoms with Crippen molar-refractivity contribution in [3.8, 4) is 0 Å². The summed E-state index contributed by atoms with van der Waals surface area (Å²) >= 11 is 0. The Morgan fingerprint density at radius 1 is 1.35 bits per heavy atom. The summed E-state index contributed by atoms with van der Waals surface area (Å²) in [4.78, 5) is 22.4. The maximum atomic E-state index is 11.4. The molecule has 92 valence electrons. The van der Waals surface area contributed by atoms with Gasteiger partial charge in [0.25, 0.3) is 0 Å². The first kappa shape index (κ1) is 13.3. The minimum absolute atomic E-state index is 0.342. The van der Waals surface area contributed by atoms with Crippen molar-refractivity contribution in [2.24, 2.45) is 10.6 Å². The van der Waals surface area contributed by atoms with E-state index in [1.54, 1.807) is 25.2 Å². The van der Waals surface area contributed by atoms with E-state index in [1.807, 2.05) is 0 Å². The highest BCUT2D eigenvalue weighted by Gasteiger charge is 2.45. The molecule has 0 bridgehead atoms. The lowest BCUT2D eigenvalue weighted by Crippen LogP contribution is -2.48. The van der Waals surface area contributed by atoms with E-state index in [0.29, 0.717) is 0 Å². The monoisotopic (exact) mass is 237 g/mol. The van der Waals surface area contributed by atoms with Crippen LogP contribution in [-0.4, -0.2) is 33.7 Å². The molecule has 2 N–H and O–H groups in total. The highest BCUT2D eigenvalue weighted by atomic mass is 16.4. The van der Waals surface area contributed by atoms with E-state index in [9.17, 15) is 14.7 Å². The van der Waals surface area contributed by atoms with E-state index < -0.39 is 22.6 Å². The molecule has 0 saturated heterocycles. The maximum Gasteiger partial charge on any atom is 0.201 e. The van der Waals surface area contributed by atoms with Crippen molar-refractivity contribution >= 4 is 17.8 Å². The van der Waals surface area contributed by atoms with Gasteiger partial charge >= 0.3 is 0 Å². The number of hydrogen-bond donors (Lipinski definition) is 2. The van der Waals surface area contributed by atoms with Gasteiger partial charge in [-0.2, -0.15) is 0 Å². The minimum Gasteiger partial charge on any atom is -0.411 e. The number of carbonyl (C=O) groups excluding carboxylic acids is 2. The van der Waals surface area contributed by atoms with E-state index in [-0.39, 0.29) is 6.42 Å². The predicted octanol–water partition coefficient (Wildman–Crippen LogP) is 0.858. The Kier molecular flexibility index (Phi) is 3.63. The molecule has 2 unspecified atom stereocenters. The fourth-order valence-electron chi connectivity index (χ4n) is 1.69. The zero-order chi connectivity index (χ0) is 13.1. The summed E-state index contributed by atoms with van der Waals surface area (Å²) in [6.45, 7) is 2.77. The average Bonchev–Trinajstić information content (AvgIpc) is 2.23. The van der Waals surface area contributed by atoms with E-state index in [1.165, 1.54) is 6.08 Å². The second kappa shape index (κ2) is 4.63. The Bertz CT molecular complexity index is 424. The summed E-state index contributed by atoms with van der Waals surface area (Å²) in [7, 11) is 0. The van der Waals surface area contributed by atoms with Crippen LogP contribution in [0.2, 0.25) is 0 Å². The standard InChI is InChI=1S/C12H15NO4/c1-9(14)10(15)7-12(16)6-4-3-5-11(12,2)8-13-17/h3-6,8,16-17H,7H2,1-2H3. The van der Waals surface area contributed by atoms with Gasteiger partial charge in [0.15, 0.2) is 5.78 Å². The summed E-state index contributed by atoms with van der Waals surface area (Å²) in [6, 6.07) is 0. The quantitative estimate of drug-likeness (QED) is 0.328. The zero-order valence-electron chi connectivity index (χ0n) is 9.75. The molecule has 0 radical (unpaired) electrons. The number of ketones is 2. The lowest BCUT2D eigenvalue weighted by Gasteiger charge is -2.39. The van der Waals surface area contributed by atoms with Gasteiger partial charge in [0.05, 0.1) is 11.6 Å². The first-order valence-corrected chi connectivity index (χ1v) is 5.16. The van der Waals surface area contributed by atoms with Gasteiger partial charge in [0, 0.05) is 13.3 Å². The fourth-order valence-corrected chi connectivity index (χ4v) is 1.69. The van der Waals surface area contributed by atoms with E-state index in [4.69, 9.17) is 5.21 Å². The van der Waals surface area contributed by atoms with Crippen molar-refractivity contribution in [3.05, 3.63) is 24.3 Å². The maximum absolute atomic E-state index is 11.4. The molecule has 0 aromatic rings. The molecule has 1 rings (SSSR count). The summed E-state index contributed by atoms with van der Waals surface area (Å²) in [5, 5.41) is 21.9. The molecule has 2 atom stereocenters. The van der Waals surface area contributed by atoms with E-state index in [2.05, 4.69) is 5.16 Å². The predicted molar refractivity (Wildman–Crippen MR) is 61.9 cm³/mol. The first-order chi connectivity index (χ1) is 7.84. The molecule has 0 heterocycles. The summed E-state index contributed by atoms with van der Waals surface area (Å²) < 4.78 is 0. The average molecular weight is 237 g/mol. The summed E-state index contributed by atoms with van der Waals surface area (Å²) in [5.41, 5.74) is -2.58. The number of hydrogen-bond acceptors (Lipinski definition) is 5. The number of carbonyl (C=O) groups is 2. The van der Waals surface area contributed by atoms with Crippen molar-refractivity contribution in [1.82, 2.24) is 0 Å². The third kappa shape index (κ3) is 2.50. The lowest BCUT2D eigenvalue weighted by molar-refractivity contribution is -0.138. The Labute approximate surface area is 99.1 Å². The Morgan fingerprint density at radius 2 is 1.94 bits per heavy atom. The molecule has 5 nitrogen and oxygen atoms in total. The topological polar surface area (TPSA) is 87.0 Å². The van der Waals surface area contributed by atoms with E-state index in [0.717, 1.165) is 13.1 Å². The van der Waals surface area contributed by atoms with Crippen LogP contribution in [0.5, 0.6) is 0 Å². The highest BCUT2D eigenvalue weighted by molar-refractivity contribution is 6.36. The van der Waals surface area contributed by atoms with Crippen molar-refractivity contribution in [2.75, 3.05) is 0 Å². The van der Waals surface area contributed by atoms with Crippen LogP contribution in [0.4, 0.5) is 0 Å². The first-order valence-electron chi connectivity index (χ1n) is 5.16. The molecule has 17 heavy (non-hydrogen) atoms. The van der Waals surface area contributed by atoms with Crippen LogP contribution in [0.3, 0.4) is 0 Å². The smallest absolute Gasteiger partial charge is 0.201 e. The molecule has 0 aliphatic heterocycles. The SMILES string of the molecule is CC(=O)C(=O)CC1(O)C=CC=CC1(C)C=NO. The molecule has 0 amide bonds. The van der Waals surface area contributed by atoms with Gasteiger partial charge in [0.1, 0.15) is 5.60 Å². The molecule has 0 spiro atoms. The summed E-state index contributed by atoms with van der Waals surface area (Å²) in [5.74, 6) is -1.27. The highest BCUT2D eigenvalue weighted by Crippen LogP contribution is 2.38. The lowest BCUT2D eigenvalue weighted by atomic mass is 9.69. The van der Waals surface area contributed by atoms with Crippen molar-refractivity contribution in [3.63, 3.8) is 0 Å². The van der Waals surface area contributed by atoms with Crippen LogP contribution in [0.25, 0.3) is 0 Å². The molecule has 0 fully saturated rings. The van der Waals surface area contributed by atoms with Gasteiger partial charge in [-0.15, -0.1) is 5.16 Å². The van der Waals surface area contributed by atoms with Crippen molar-refractivity contribution in [1.29, 1.82) is 0 Å². The normalized spacial score (nSPS) is 31.9. The van der Waals surface area contributed by atoms with Gasteiger partial charge in [-0.05, 0) is 6.92 Å². The molecule has 0 aromatic heterocycles. The molecule has 5 heteroatoms. The third-order valence-electron chi connectivity index (χ3n) is 3.01. The second-order valence-corrected chi connectivity index (χ2v) is 4.33. The fraction of sp³-hybridized carbons (Fsp3) is 0.417. The molecular weight excluding hydrogens is 222 g/mol. The Morgan fingerprint density at radius 3 is 2.47 bits per heavy atom. The largest absolute Gasteiger partial charge is 0.411 e. The molecule has 0 aromatic carbocycles. The van der Waals surface area contributed by atoms with Gasteiger partial charge in [0.2, 0.25) is 5.78 Å². The number of Topliss-reactive ketones (excluding diaryl/α,β-unsaturated/α-hetero) is 2. The van der Waals surface area contributed by atoms with Crippen molar-refractivity contribution in [2.45, 2.75) is 25.9 Å². The van der Waals surface area contributed by atoms with E-state index >= 15 is 0 Å². The molecule has 1 aliphatic carbocycles. The summed E-state index contributed by atoms with van der Waals surface area (Å²) in [6.07, 6.45) is 7.09. The second-order valence-electron chi connectivity index (χ2n) is 4.33. The Hall–Kier alpha value is -1.75. The number of allylic oxidation sites excluding steroid dienone is 2. The van der Waals surface area contributed by atoms with Crippen LogP contribution >= 0.6 is 0 Å². The third-order valence-corrected chi connectivity index (χ3v) is 3.01. The molecule has 1 aliphatic rings. The van der Waals surface area contributed by atoms with Gasteiger partial charge < -0.3 is 10.3 Å². The molecular formula is C12H15NO4. The van der Waals surface area contributed by atoms with Crippen LogP contribution < -0.4 is 0 Å². The number of aliphatic hydroxyl groups is 1. The zero-order valence-corrected chi connectivity index (χ0v) is 9.75. The van der Waals surface area contributed by atoms with Crippen LogP contribution in [0.1, 0.15) is 20.3 Å². The van der Waals surface area contributed by atoms with Crippen molar-refractivity contribution < 1.29 is 19.9 Å². The minimum atomic E-state index is -1.56.